The standard InChI is InChI=1S/C28H33F2N5OS/c1-18-14-22(19(2)31-25-8-6-7-9-26(25)37-5)21(23(15-18)27(36)33(3)4)10-12-34-13-11-24-20(16-34)17-35(32-24)28(29)30/h6-10,12,14-15,17,19,28,31H,11,13,16H2,1-5H3/b12-10+/t19-/m1/s1. The van der Waals surface area contributed by atoms with Crippen LogP contribution in [0.5, 0.6) is 0 Å². The van der Waals surface area contributed by atoms with Gasteiger partial charge in [0.2, 0.25) is 0 Å². The Kier molecular flexibility index (Phi) is 8.22. The second kappa shape index (κ2) is 11.4. The van der Waals surface area contributed by atoms with E-state index in [9.17, 15) is 13.6 Å². The summed E-state index contributed by atoms with van der Waals surface area (Å²) in [6.45, 7) is 2.61. The Balaban J connectivity index is 1.69. The first-order valence-electron chi connectivity index (χ1n) is 12.2. The molecule has 3 aromatic rings. The van der Waals surface area contributed by atoms with Crippen LogP contribution in [-0.4, -0.2) is 52.4 Å². The molecule has 1 aliphatic rings. The minimum absolute atomic E-state index is 0.0690. The summed E-state index contributed by atoms with van der Waals surface area (Å²) in [6.07, 6.45) is 8.01. The van der Waals surface area contributed by atoms with Crippen molar-refractivity contribution in [2.45, 2.75) is 44.3 Å². The van der Waals surface area contributed by atoms with Crippen molar-refractivity contribution in [2.24, 2.45) is 0 Å². The maximum absolute atomic E-state index is 13.2. The highest BCUT2D eigenvalue weighted by Crippen LogP contribution is 2.32. The van der Waals surface area contributed by atoms with Crippen LogP contribution in [0.4, 0.5) is 14.5 Å². The van der Waals surface area contributed by atoms with Crippen molar-refractivity contribution in [1.29, 1.82) is 0 Å². The monoisotopic (exact) mass is 525 g/mol. The van der Waals surface area contributed by atoms with Gasteiger partial charge in [0.1, 0.15) is 0 Å². The highest BCUT2D eigenvalue weighted by molar-refractivity contribution is 7.98. The number of amides is 1. The molecule has 1 N–H and O–H groups in total. The molecule has 196 valence electrons. The fourth-order valence-electron chi connectivity index (χ4n) is 4.63. The lowest BCUT2D eigenvalue weighted by atomic mass is 9.92. The first-order valence-corrected chi connectivity index (χ1v) is 13.4. The van der Waals surface area contributed by atoms with E-state index in [0.29, 0.717) is 25.1 Å². The smallest absolute Gasteiger partial charge is 0.333 e. The van der Waals surface area contributed by atoms with E-state index in [0.717, 1.165) is 43.2 Å². The van der Waals surface area contributed by atoms with Crippen molar-refractivity contribution >= 4 is 29.4 Å². The summed E-state index contributed by atoms with van der Waals surface area (Å²) in [5.41, 5.74) is 6.06. The van der Waals surface area contributed by atoms with Crippen LogP contribution >= 0.6 is 11.8 Å². The third-order valence-electron chi connectivity index (χ3n) is 6.49. The minimum atomic E-state index is -2.64. The van der Waals surface area contributed by atoms with Crippen molar-refractivity contribution in [3.63, 3.8) is 0 Å². The summed E-state index contributed by atoms with van der Waals surface area (Å²) in [5.74, 6) is -0.0690. The number of halogens is 2. The molecule has 1 atom stereocenters. The molecule has 9 heteroatoms. The van der Waals surface area contributed by atoms with Crippen LogP contribution in [0.1, 0.15) is 57.8 Å². The van der Waals surface area contributed by atoms with Gasteiger partial charge in [-0.2, -0.15) is 13.9 Å². The van der Waals surface area contributed by atoms with E-state index >= 15 is 0 Å². The number of fused-ring (bicyclic) bond motifs is 1. The van der Waals surface area contributed by atoms with Gasteiger partial charge in [0.25, 0.3) is 5.91 Å². The normalized spacial score (nSPS) is 14.2. The largest absolute Gasteiger partial charge is 0.378 e. The maximum Gasteiger partial charge on any atom is 0.333 e. The fourth-order valence-corrected chi connectivity index (χ4v) is 5.19. The summed E-state index contributed by atoms with van der Waals surface area (Å²) in [4.78, 5) is 18.0. The van der Waals surface area contributed by atoms with Gasteiger partial charge < -0.3 is 15.1 Å². The average Bonchev–Trinajstić information content (AvgIpc) is 3.31. The van der Waals surface area contributed by atoms with E-state index in [2.05, 4.69) is 46.7 Å². The number of thioether (sulfide) groups is 1. The van der Waals surface area contributed by atoms with Crippen LogP contribution in [0.2, 0.25) is 0 Å². The van der Waals surface area contributed by atoms with Crippen LogP contribution in [0.25, 0.3) is 6.08 Å². The van der Waals surface area contributed by atoms with E-state index in [1.165, 1.54) is 6.20 Å². The predicted molar refractivity (Wildman–Crippen MR) is 146 cm³/mol. The molecule has 2 heterocycles. The van der Waals surface area contributed by atoms with Crippen molar-refractivity contribution < 1.29 is 13.6 Å². The third-order valence-corrected chi connectivity index (χ3v) is 7.29. The van der Waals surface area contributed by atoms with Crippen LogP contribution in [-0.2, 0) is 13.0 Å². The number of alkyl halides is 2. The lowest BCUT2D eigenvalue weighted by Gasteiger charge is -2.26. The van der Waals surface area contributed by atoms with Gasteiger partial charge in [0.05, 0.1) is 5.69 Å². The number of benzene rings is 2. The quantitative estimate of drug-likeness (QED) is 0.354. The molecule has 1 amide bonds. The van der Waals surface area contributed by atoms with Crippen molar-refractivity contribution in [3.05, 3.63) is 82.3 Å². The SMILES string of the molecule is CSc1ccccc1N[C@H](C)c1cc(C)cc(C(=O)N(C)C)c1/C=C/N1CCc2nn(C(F)F)cc2C1. The molecule has 0 aliphatic carbocycles. The molecule has 2 aromatic carbocycles. The van der Waals surface area contributed by atoms with Crippen LogP contribution in [0.3, 0.4) is 0 Å². The van der Waals surface area contributed by atoms with Crippen molar-refractivity contribution in [1.82, 2.24) is 19.6 Å². The van der Waals surface area contributed by atoms with Crippen molar-refractivity contribution in [2.75, 3.05) is 32.2 Å². The number of nitrogens with one attached hydrogen (secondary N) is 1. The van der Waals surface area contributed by atoms with Gasteiger partial charge >= 0.3 is 6.55 Å². The Morgan fingerprint density at radius 1 is 1.24 bits per heavy atom. The highest BCUT2D eigenvalue weighted by Gasteiger charge is 2.22. The molecule has 0 spiro atoms. The zero-order valence-electron chi connectivity index (χ0n) is 21.8. The highest BCUT2D eigenvalue weighted by atomic mass is 32.2. The van der Waals surface area contributed by atoms with E-state index in [4.69, 9.17) is 0 Å². The second-order valence-electron chi connectivity index (χ2n) is 9.48. The molecule has 0 radical (unpaired) electrons. The lowest BCUT2D eigenvalue weighted by Crippen LogP contribution is -2.26. The van der Waals surface area contributed by atoms with Gasteiger partial charge in [0, 0.05) is 67.6 Å². The topological polar surface area (TPSA) is 53.4 Å². The van der Waals surface area contributed by atoms with E-state index in [1.807, 2.05) is 37.4 Å². The van der Waals surface area contributed by atoms with Gasteiger partial charge in [-0.3, -0.25) is 4.79 Å². The first-order chi connectivity index (χ1) is 17.7. The summed E-state index contributed by atoms with van der Waals surface area (Å²) >= 11 is 1.68. The van der Waals surface area contributed by atoms with Crippen molar-refractivity contribution in [3.8, 4) is 0 Å². The number of aromatic nitrogens is 2. The van der Waals surface area contributed by atoms with Gasteiger partial charge in [-0.05, 0) is 67.3 Å². The molecule has 6 nitrogen and oxygen atoms in total. The van der Waals surface area contributed by atoms with E-state index < -0.39 is 6.55 Å². The zero-order chi connectivity index (χ0) is 26.7. The van der Waals surface area contributed by atoms with Crippen LogP contribution < -0.4 is 5.32 Å². The Hall–Kier alpha value is -3.33. The summed E-state index contributed by atoms with van der Waals surface area (Å²) in [6, 6.07) is 12.1. The molecule has 1 aromatic heterocycles. The molecular formula is C28H33F2N5OS. The van der Waals surface area contributed by atoms with Gasteiger partial charge in [-0.15, -0.1) is 11.8 Å². The Bertz CT molecular complexity index is 1300. The lowest BCUT2D eigenvalue weighted by molar-refractivity contribution is 0.0561. The number of rotatable bonds is 8. The second-order valence-corrected chi connectivity index (χ2v) is 10.3. The number of nitrogens with zero attached hydrogens (tertiary/aromatic N) is 4. The number of para-hydroxylation sites is 1. The number of aryl methyl sites for hydroxylation is 1. The van der Waals surface area contributed by atoms with Gasteiger partial charge in [-0.1, -0.05) is 18.2 Å². The first kappa shape index (κ1) is 26.7. The van der Waals surface area contributed by atoms with Crippen LogP contribution in [0.15, 0.2) is 53.7 Å². The number of anilines is 1. The average molecular weight is 526 g/mol. The Labute approximate surface area is 221 Å². The number of hydrogen-bond acceptors (Lipinski definition) is 5. The molecule has 4 rings (SSSR count). The third kappa shape index (κ3) is 5.98. The Morgan fingerprint density at radius 2 is 2.00 bits per heavy atom. The van der Waals surface area contributed by atoms with E-state index in [-0.39, 0.29) is 11.9 Å². The van der Waals surface area contributed by atoms with Crippen LogP contribution in [0, 0.1) is 6.92 Å². The molecule has 0 unspecified atom stereocenters. The van der Waals surface area contributed by atoms with E-state index in [1.54, 1.807) is 30.8 Å². The predicted octanol–water partition coefficient (Wildman–Crippen LogP) is 6.21. The zero-order valence-corrected chi connectivity index (χ0v) is 22.6. The maximum atomic E-state index is 13.2. The molecule has 0 fully saturated rings. The number of carbonyl (C=O) groups excluding carboxylic acids is 1. The summed E-state index contributed by atoms with van der Waals surface area (Å²) in [5, 5.41) is 7.65. The molecule has 1 aliphatic heterocycles. The Morgan fingerprint density at radius 3 is 2.70 bits per heavy atom. The summed E-state index contributed by atoms with van der Waals surface area (Å²) in [7, 11) is 3.50. The summed E-state index contributed by atoms with van der Waals surface area (Å²) < 4.78 is 26.9. The fraction of sp³-hybridized carbons (Fsp3) is 0.357. The molecule has 37 heavy (non-hydrogen) atoms. The molecule has 0 bridgehead atoms. The number of carbonyl (C=O) groups is 1. The van der Waals surface area contributed by atoms with Gasteiger partial charge in [-0.25, -0.2) is 4.68 Å². The number of hydrogen-bond donors (Lipinski definition) is 1. The minimum Gasteiger partial charge on any atom is -0.378 e. The molecular weight excluding hydrogens is 492 g/mol. The molecule has 0 saturated heterocycles. The van der Waals surface area contributed by atoms with Gasteiger partial charge in [0.15, 0.2) is 0 Å². The molecule has 0 saturated carbocycles.